The number of hydrogen-bond donors (Lipinski definition) is 1. The number of hydrogen-bond acceptors (Lipinski definition) is 4. The fraction of sp³-hybridized carbons (Fsp3) is 0.696. The van der Waals surface area contributed by atoms with Crippen LogP contribution >= 0.6 is 24.0 Å². The van der Waals surface area contributed by atoms with Gasteiger partial charge in [0, 0.05) is 40.0 Å². The average molecular weight is 533 g/mol. The van der Waals surface area contributed by atoms with Crippen molar-refractivity contribution in [1.82, 2.24) is 10.2 Å². The summed E-state index contributed by atoms with van der Waals surface area (Å²) in [5, 5.41) is 3.44. The van der Waals surface area contributed by atoms with Crippen LogP contribution in [-0.4, -0.2) is 63.5 Å². The number of methoxy groups -OCH3 is 1. The number of rotatable bonds is 12. The monoisotopic (exact) mass is 533 g/mol. The summed E-state index contributed by atoms with van der Waals surface area (Å²) in [6, 6.07) is 8.28. The van der Waals surface area contributed by atoms with Gasteiger partial charge in [0.2, 0.25) is 0 Å². The molecule has 0 unspecified atom stereocenters. The molecule has 0 radical (unpaired) electrons. The van der Waals surface area contributed by atoms with Gasteiger partial charge >= 0.3 is 0 Å². The molecule has 0 amide bonds. The minimum atomic E-state index is 0. The van der Waals surface area contributed by atoms with Crippen molar-refractivity contribution in [2.45, 2.75) is 58.6 Å². The Bertz CT molecular complexity index is 593. The molecule has 0 aromatic heterocycles. The number of halogens is 1. The molecule has 0 bridgehead atoms. The lowest BCUT2D eigenvalue weighted by molar-refractivity contribution is 0.00990. The van der Waals surface area contributed by atoms with Gasteiger partial charge in [0.1, 0.15) is 5.75 Å². The number of unbranched alkanes of at least 4 members (excludes halogenated alkanes) is 1. The Balaban J connectivity index is 0.00000450. The summed E-state index contributed by atoms with van der Waals surface area (Å²) in [5.74, 6) is 1.92. The van der Waals surface area contributed by atoms with Crippen LogP contribution in [0.4, 0.5) is 0 Å². The molecule has 1 fully saturated rings. The maximum atomic E-state index is 5.97. The second-order valence-corrected chi connectivity index (χ2v) is 7.42. The summed E-state index contributed by atoms with van der Waals surface area (Å²) < 4.78 is 16.9. The zero-order valence-electron chi connectivity index (χ0n) is 18.9. The largest absolute Gasteiger partial charge is 0.494 e. The molecule has 1 saturated heterocycles. The van der Waals surface area contributed by atoms with Crippen molar-refractivity contribution >= 4 is 29.9 Å². The Morgan fingerprint density at radius 1 is 1.13 bits per heavy atom. The third kappa shape index (κ3) is 10.3. The topological polar surface area (TPSA) is 55.3 Å². The number of aliphatic imine (C=N–C) groups is 1. The number of ether oxygens (including phenoxy) is 3. The summed E-state index contributed by atoms with van der Waals surface area (Å²) in [7, 11) is 1.73. The third-order valence-electron chi connectivity index (χ3n) is 5.00. The van der Waals surface area contributed by atoms with Gasteiger partial charge in [-0.3, -0.25) is 0 Å². The minimum absolute atomic E-state index is 0. The molecule has 0 spiro atoms. The van der Waals surface area contributed by atoms with E-state index in [1.54, 1.807) is 7.11 Å². The first-order chi connectivity index (χ1) is 14.3. The first-order valence-corrected chi connectivity index (χ1v) is 11.1. The van der Waals surface area contributed by atoms with Crippen LogP contribution in [0.15, 0.2) is 29.3 Å². The molecule has 1 aliphatic rings. The third-order valence-corrected chi connectivity index (χ3v) is 5.00. The summed E-state index contributed by atoms with van der Waals surface area (Å²) in [5.41, 5.74) is 1.17. The maximum Gasteiger partial charge on any atom is 0.194 e. The Hall–Kier alpha value is -1.06. The van der Waals surface area contributed by atoms with Gasteiger partial charge in [-0.1, -0.05) is 25.5 Å². The number of benzene rings is 1. The molecule has 30 heavy (non-hydrogen) atoms. The number of nitrogens with zero attached hydrogens (tertiary/aromatic N) is 2. The molecule has 172 valence electrons. The van der Waals surface area contributed by atoms with Crippen LogP contribution in [0.25, 0.3) is 0 Å². The Morgan fingerprint density at radius 2 is 1.93 bits per heavy atom. The highest BCUT2D eigenvalue weighted by Crippen LogP contribution is 2.17. The fourth-order valence-electron chi connectivity index (χ4n) is 3.35. The summed E-state index contributed by atoms with van der Waals surface area (Å²) >= 11 is 0. The fourth-order valence-corrected chi connectivity index (χ4v) is 3.35. The molecule has 1 heterocycles. The van der Waals surface area contributed by atoms with Crippen LogP contribution in [0, 0.1) is 0 Å². The molecule has 6 nitrogen and oxygen atoms in total. The Morgan fingerprint density at radius 3 is 2.63 bits per heavy atom. The maximum absolute atomic E-state index is 5.97. The van der Waals surface area contributed by atoms with Crippen LogP contribution in [-0.2, 0) is 16.0 Å². The SMILES string of the molecule is CCCCOc1cccc(CN=C(NCC)N2CCC(OCCCOC)CC2)c1.I. The molecule has 0 atom stereocenters. The van der Waals surface area contributed by atoms with E-state index in [1.165, 1.54) is 5.56 Å². The van der Waals surface area contributed by atoms with Gasteiger partial charge in [0.15, 0.2) is 5.96 Å². The van der Waals surface area contributed by atoms with Crippen molar-refractivity contribution in [1.29, 1.82) is 0 Å². The summed E-state index contributed by atoms with van der Waals surface area (Å²) in [6.45, 7) is 10.1. The van der Waals surface area contributed by atoms with Crippen LogP contribution in [0.1, 0.15) is 51.5 Å². The van der Waals surface area contributed by atoms with Crippen LogP contribution < -0.4 is 10.1 Å². The lowest BCUT2D eigenvalue weighted by Crippen LogP contribution is -2.47. The van der Waals surface area contributed by atoms with Gasteiger partial charge in [0.25, 0.3) is 0 Å². The van der Waals surface area contributed by atoms with Crippen molar-refractivity contribution in [3.8, 4) is 5.75 Å². The Kier molecular flexibility index (Phi) is 14.9. The van der Waals surface area contributed by atoms with E-state index in [0.717, 1.165) is 83.3 Å². The number of piperidine rings is 1. The minimum Gasteiger partial charge on any atom is -0.494 e. The van der Waals surface area contributed by atoms with Gasteiger partial charge in [-0.05, 0) is 50.3 Å². The van der Waals surface area contributed by atoms with Gasteiger partial charge < -0.3 is 24.4 Å². The van der Waals surface area contributed by atoms with Crippen molar-refractivity contribution in [2.75, 3.05) is 46.6 Å². The van der Waals surface area contributed by atoms with Gasteiger partial charge in [-0.2, -0.15) is 0 Å². The Labute approximate surface area is 199 Å². The van der Waals surface area contributed by atoms with Gasteiger partial charge in [0.05, 0.1) is 19.3 Å². The predicted octanol–water partition coefficient (Wildman–Crippen LogP) is 4.47. The highest BCUT2D eigenvalue weighted by atomic mass is 127. The van der Waals surface area contributed by atoms with Crippen molar-refractivity contribution in [3.63, 3.8) is 0 Å². The zero-order valence-corrected chi connectivity index (χ0v) is 21.2. The molecule has 7 heteroatoms. The van der Waals surface area contributed by atoms with Gasteiger partial charge in [-0.25, -0.2) is 4.99 Å². The summed E-state index contributed by atoms with van der Waals surface area (Å²) in [6.07, 6.45) is 5.62. The van der Waals surface area contributed by atoms with E-state index in [4.69, 9.17) is 19.2 Å². The highest BCUT2D eigenvalue weighted by Gasteiger charge is 2.21. The van der Waals surface area contributed by atoms with Crippen molar-refractivity contribution in [2.24, 2.45) is 4.99 Å². The highest BCUT2D eigenvalue weighted by molar-refractivity contribution is 14.0. The molecule has 0 saturated carbocycles. The van der Waals surface area contributed by atoms with Crippen molar-refractivity contribution < 1.29 is 14.2 Å². The lowest BCUT2D eigenvalue weighted by Gasteiger charge is -2.34. The van der Waals surface area contributed by atoms with E-state index in [-0.39, 0.29) is 24.0 Å². The van der Waals surface area contributed by atoms with E-state index in [0.29, 0.717) is 12.6 Å². The molecular weight excluding hydrogens is 493 g/mol. The standard InChI is InChI=1S/C23H39N3O3.HI/c1-4-6-16-29-22-10-7-9-20(18-22)19-25-23(24-5-2)26-13-11-21(12-14-26)28-17-8-15-27-3;/h7,9-10,18,21H,4-6,8,11-17,19H2,1-3H3,(H,24,25);1H. The summed E-state index contributed by atoms with van der Waals surface area (Å²) in [4.78, 5) is 7.22. The van der Waals surface area contributed by atoms with E-state index < -0.39 is 0 Å². The predicted molar refractivity (Wildman–Crippen MR) is 134 cm³/mol. The average Bonchev–Trinajstić information content (AvgIpc) is 2.75. The molecule has 2 rings (SSSR count). The quantitative estimate of drug-likeness (QED) is 0.186. The molecule has 1 aliphatic heterocycles. The van der Waals surface area contributed by atoms with Crippen LogP contribution in [0.5, 0.6) is 5.75 Å². The van der Waals surface area contributed by atoms with Crippen molar-refractivity contribution in [3.05, 3.63) is 29.8 Å². The second kappa shape index (κ2) is 16.6. The van der Waals surface area contributed by atoms with E-state index in [2.05, 4.69) is 36.2 Å². The molecule has 1 N–H and O–H groups in total. The normalized spacial score (nSPS) is 15.0. The molecule has 1 aromatic carbocycles. The molecular formula is C23H40IN3O3. The zero-order chi connectivity index (χ0) is 20.7. The lowest BCUT2D eigenvalue weighted by atomic mass is 10.1. The van der Waals surface area contributed by atoms with E-state index in [1.807, 2.05) is 12.1 Å². The van der Waals surface area contributed by atoms with Gasteiger partial charge in [-0.15, -0.1) is 24.0 Å². The number of likely N-dealkylation sites (tertiary alicyclic amines) is 1. The van der Waals surface area contributed by atoms with Crippen LogP contribution in [0.3, 0.4) is 0 Å². The van der Waals surface area contributed by atoms with Crippen LogP contribution in [0.2, 0.25) is 0 Å². The molecule has 0 aliphatic carbocycles. The first kappa shape index (κ1) is 27.0. The number of nitrogens with one attached hydrogen (secondary N) is 1. The first-order valence-electron chi connectivity index (χ1n) is 11.1. The second-order valence-electron chi connectivity index (χ2n) is 7.42. The number of guanidine groups is 1. The van der Waals surface area contributed by atoms with E-state index in [9.17, 15) is 0 Å². The smallest absolute Gasteiger partial charge is 0.194 e. The van der Waals surface area contributed by atoms with E-state index >= 15 is 0 Å². The molecule has 1 aromatic rings.